The lowest BCUT2D eigenvalue weighted by atomic mass is 10.1. The van der Waals surface area contributed by atoms with E-state index in [-0.39, 0.29) is 11.7 Å². The summed E-state index contributed by atoms with van der Waals surface area (Å²) in [6, 6.07) is 13.0. The van der Waals surface area contributed by atoms with E-state index in [1.54, 1.807) is 24.3 Å². The molecule has 0 aliphatic rings. The van der Waals surface area contributed by atoms with Gasteiger partial charge in [0.25, 0.3) is 0 Å². The van der Waals surface area contributed by atoms with Crippen molar-refractivity contribution in [2.45, 2.75) is 26.8 Å². The van der Waals surface area contributed by atoms with Gasteiger partial charge in [-0.2, -0.15) is 5.10 Å². The predicted octanol–water partition coefficient (Wildman–Crippen LogP) is 3.58. The van der Waals surface area contributed by atoms with E-state index in [1.807, 2.05) is 36.0 Å². The molecular weight excluding hydrogens is 302 g/mol. The highest BCUT2D eigenvalue weighted by Crippen LogP contribution is 2.18. The lowest BCUT2D eigenvalue weighted by Crippen LogP contribution is -2.15. The van der Waals surface area contributed by atoms with Crippen molar-refractivity contribution < 1.29 is 9.59 Å². The first-order chi connectivity index (χ1) is 11.5. The number of aryl methyl sites for hydroxylation is 2. The standard InChI is InChI=1S/C19H19N3O2/c1-13-4-3-5-16-12-20-22(19(13)16)11-10-18(24)21-17-8-6-15(7-9-17)14(2)23/h3-9,12H,10-11H2,1-2H3,(H,21,24). The maximum Gasteiger partial charge on any atom is 0.226 e. The highest BCUT2D eigenvalue weighted by molar-refractivity contribution is 5.95. The van der Waals surface area contributed by atoms with Crippen LogP contribution >= 0.6 is 0 Å². The summed E-state index contributed by atoms with van der Waals surface area (Å²) in [4.78, 5) is 23.4. The van der Waals surface area contributed by atoms with Crippen LogP contribution in [0.5, 0.6) is 0 Å². The van der Waals surface area contributed by atoms with E-state index in [2.05, 4.69) is 10.4 Å². The first-order valence-electron chi connectivity index (χ1n) is 7.86. The van der Waals surface area contributed by atoms with Crippen molar-refractivity contribution in [3.8, 4) is 0 Å². The highest BCUT2D eigenvalue weighted by atomic mass is 16.1. The maximum absolute atomic E-state index is 12.1. The van der Waals surface area contributed by atoms with E-state index in [0.717, 1.165) is 16.5 Å². The Labute approximate surface area is 140 Å². The normalized spacial score (nSPS) is 10.8. The Bertz CT molecular complexity index is 895. The van der Waals surface area contributed by atoms with Gasteiger partial charge in [0, 0.05) is 23.1 Å². The van der Waals surface area contributed by atoms with Crippen LogP contribution in [0.1, 0.15) is 29.3 Å². The molecule has 3 rings (SSSR count). The number of rotatable bonds is 5. The van der Waals surface area contributed by atoms with Gasteiger partial charge in [-0.05, 0) is 43.7 Å². The summed E-state index contributed by atoms with van der Waals surface area (Å²) in [7, 11) is 0. The highest BCUT2D eigenvalue weighted by Gasteiger charge is 2.08. The molecule has 0 spiro atoms. The number of ketones is 1. The number of para-hydroxylation sites is 1. The van der Waals surface area contributed by atoms with Crippen molar-refractivity contribution in [3.05, 3.63) is 59.8 Å². The van der Waals surface area contributed by atoms with Gasteiger partial charge in [0.15, 0.2) is 5.78 Å². The third-order valence-corrected chi connectivity index (χ3v) is 3.99. The second-order valence-electron chi connectivity index (χ2n) is 5.81. The molecule has 0 atom stereocenters. The Balaban J connectivity index is 1.64. The number of carbonyl (C=O) groups is 2. The number of benzene rings is 2. The number of anilines is 1. The van der Waals surface area contributed by atoms with Crippen LogP contribution in [-0.4, -0.2) is 21.5 Å². The summed E-state index contributed by atoms with van der Waals surface area (Å²) in [5.74, 6) is -0.0726. The van der Waals surface area contributed by atoms with Crippen molar-refractivity contribution in [3.63, 3.8) is 0 Å². The lowest BCUT2D eigenvalue weighted by molar-refractivity contribution is -0.116. The van der Waals surface area contributed by atoms with Gasteiger partial charge in [0.2, 0.25) is 5.91 Å². The van der Waals surface area contributed by atoms with Gasteiger partial charge in [-0.3, -0.25) is 14.3 Å². The number of nitrogens with one attached hydrogen (secondary N) is 1. The number of aromatic nitrogens is 2. The second-order valence-corrected chi connectivity index (χ2v) is 5.81. The minimum absolute atomic E-state index is 0.00815. The van der Waals surface area contributed by atoms with Crippen LogP contribution in [0.3, 0.4) is 0 Å². The SMILES string of the molecule is CC(=O)c1ccc(NC(=O)CCn2ncc3cccc(C)c32)cc1. The molecular formula is C19H19N3O2. The topological polar surface area (TPSA) is 64.0 Å². The van der Waals surface area contributed by atoms with Crippen LogP contribution in [0.4, 0.5) is 5.69 Å². The molecule has 5 nitrogen and oxygen atoms in total. The van der Waals surface area contributed by atoms with Crippen LogP contribution in [0, 0.1) is 6.92 Å². The zero-order valence-corrected chi connectivity index (χ0v) is 13.7. The molecule has 0 radical (unpaired) electrons. The molecule has 1 amide bonds. The number of hydrogen-bond donors (Lipinski definition) is 1. The quantitative estimate of drug-likeness (QED) is 0.731. The largest absolute Gasteiger partial charge is 0.326 e. The first kappa shape index (κ1) is 15.9. The van der Waals surface area contributed by atoms with E-state index < -0.39 is 0 Å². The Kier molecular flexibility index (Phi) is 4.42. The van der Waals surface area contributed by atoms with Gasteiger partial charge in [-0.25, -0.2) is 0 Å². The number of amides is 1. The predicted molar refractivity (Wildman–Crippen MR) is 94.2 cm³/mol. The van der Waals surface area contributed by atoms with Gasteiger partial charge >= 0.3 is 0 Å². The molecule has 0 saturated carbocycles. The van der Waals surface area contributed by atoms with Gasteiger partial charge in [0.1, 0.15) is 0 Å². The van der Waals surface area contributed by atoms with E-state index >= 15 is 0 Å². The zero-order valence-electron chi connectivity index (χ0n) is 13.7. The Hall–Kier alpha value is -2.95. The average Bonchev–Trinajstić information content (AvgIpc) is 2.98. The lowest BCUT2D eigenvalue weighted by Gasteiger charge is -2.08. The van der Waals surface area contributed by atoms with Crippen LogP contribution in [-0.2, 0) is 11.3 Å². The Morgan fingerprint density at radius 1 is 1.12 bits per heavy atom. The minimum atomic E-state index is -0.0807. The molecule has 0 unspecified atom stereocenters. The van der Waals surface area contributed by atoms with Crippen molar-refractivity contribution in [1.29, 1.82) is 0 Å². The fourth-order valence-corrected chi connectivity index (χ4v) is 2.72. The van der Waals surface area contributed by atoms with Crippen LogP contribution < -0.4 is 5.32 Å². The van der Waals surface area contributed by atoms with E-state index in [0.29, 0.717) is 24.2 Å². The molecule has 1 aromatic heterocycles. The summed E-state index contributed by atoms with van der Waals surface area (Å²) in [6.45, 7) is 4.08. The summed E-state index contributed by atoms with van der Waals surface area (Å²) in [6.07, 6.45) is 2.15. The fourth-order valence-electron chi connectivity index (χ4n) is 2.72. The third-order valence-electron chi connectivity index (χ3n) is 3.99. The molecule has 122 valence electrons. The fraction of sp³-hybridized carbons (Fsp3) is 0.211. The molecule has 0 aliphatic heterocycles. The first-order valence-corrected chi connectivity index (χ1v) is 7.86. The van der Waals surface area contributed by atoms with Crippen LogP contribution in [0.2, 0.25) is 0 Å². The number of hydrogen-bond acceptors (Lipinski definition) is 3. The third kappa shape index (κ3) is 3.35. The molecule has 1 N–H and O–H groups in total. The smallest absolute Gasteiger partial charge is 0.226 e. The minimum Gasteiger partial charge on any atom is -0.326 e. The van der Waals surface area contributed by atoms with E-state index in [1.165, 1.54) is 6.92 Å². The molecule has 24 heavy (non-hydrogen) atoms. The number of carbonyl (C=O) groups excluding carboxylic acids is 2. The molecule has 5 heteroatoms. The maximum atomic E-state index is 12.1. The van der Waals surface area contributed by atoms with Crippen molar-refractivity contribution in [1.82, 2.24) is 9.78 Å². The molecule has 0 aliphatic carbocycles. The van der Waals surface area contributed by atoms with Crippen LogP contribution in [0.25, 0.3) is 10.9 Å². The summed E-state index contributed by atoms with van der Waals surface area (Å²) < 4.78 is 1.86. The number of nitrogens with zero attached hydrogens (tertiary/aromatic N) is 2. The average molecular weight is 321 g/mol. The molecule has 2 aromatic carbocycles. The summed E-state index contributed by atoms with van der Waals surface area (Å²) in [5, 5.41) is 8.29. The number of Topliss-reactive ketones (excluding diaryl/α,β-unsaturated/α-hetero) is 1. The molecule has 0 saturated heterocycles. The molecule has 1 heterocycles. The number of fused-ring (bicyclic) bond motifs is 1. The van der Waals surface area contributed by atoms with Crippen molar-refractivity contribution in [2.75, 3.05) is 5.32 Å². The van der Waals surface area contributed by atoms with Crippen molar-refractivity contribution >= 4 is 28.3 Å². The summed E-state index contributed by atoms with van der Waals surface area (Å²) in [5.41, 5.74) is 3.53. The van der Waals surface area contributed by atoms with Gasteiger partial charge < -0.3 is 5.32 Å². The van der Waals surface area contributed by atoms with Crippen molar-refractivity contribution in [2.24, 2.45) is 0 Å². The van der Waals surface area contributed by atoms with E-state index in [9.17, 15) is 9.59 Å². The summed E-state index contributed by atoms with van der Waals surface area (Å²) >= 11 is 0. The van der Waals surface area contributed by atoms with E-state index in [4.69, 9.17) is 0 Å². The molecule has 0 fully saturated rings. The monoisotopic (exact) mass is 321 g/mol. The molecule has 3 aromatic rings. The molecule has 0 bridgehead atoms. The van der Waals surface area contributed by atoms with Gasteiger partial charge in [-0.1, -0.05) is 18.2 Å². The van der Waals surface area contributed by atoms with Gasteiger partial charge in [0.05, 0.1) is 18.3 Å². The van der Waals surface area contributed by atoms with Crippen LogP contribution in [0.15, 0.2) is 48.7 Å². The zero-order chi connectivity index (χ0) is 17.1. The Morgan fingerprint density at radius 2 is 1.88 bits per heavy atom. The Morgan fingerprint density at radius 3 is 2.58 bits per heavy atom. The second kappa shape index (κ2) is 6.66. The van der Waals surface area contributed by atoms with Gasteiger partial charge in [-0.15, -0.1) is 0 Å².